The van der Waals surface area contributed by atoms with Gasteiger partial charge in [0.25, 0.3) is 5.91 Å². The van der Waals surface area contributed by atoms with E-state index < -0.39 is 0 Å². The van der Waals surface area contributed by atoms with Gasteiger partial charge in [-0.05, 0) is 38.3 Å². The lowest BCUT2D eigenvalue weighted by molar-refractivity contribution is 0.0603. The van der Waals surface area contributed by atoms with Gasteiger partial charge in [0.2, 0.25) is 5.95 Å². The van der Waals surface area contributed by atoms with Crippen molar-refractivity contribution in [3.63, 3.8) is 0 Å². The standard InChI is InChI=1S/C23H27N5O3/c1-15-13-20(31-26-15)17-14-24-23(27(2)3)25-21(17)18-10-7-8-12-28(18)22(29)16-9-5-6-11-19(16)30-4/h5-6,9,11,13-14,18H,7-8,10,12H2,1-4H3/t18-/m1/s1. The van der Waals surface area contributed by atoms with Crippen LogP contribution in [0.15, 0.2) is 41.1 Å². The molecule has 31 heavy (non-hydrogen) atoms. The predicted octanol–water partition coefficient (Wildman–Crippen LogP) is 3.88. The Hall–Kier alpha value is -3.42. The van der Waals surface area contributed by atoms with E-state index in [1.165, 1.54) is 0 Å². The van der Waals surface area contributed by atoms with E-state index in [-0.39, 0.29) is 11.9 Å². The number of carbonyl (C=O) groups is 1. The van der Waals surface area contributed by atoms with Crippen LogP contribution in [-0.2, 0) is 0 Å². The Labute approximate surface area is 181 Å². The third kappa shape index (κ3) is 4.10. The molecule has 1 atom stereocenters. The van der Waals surface area contributed by atoms with Gasteiger partial charge < -0.3 is 19.1 Å². The molecule has 8 heteroatoms. The fourth-order valence-corrected chi connectivity index (χ4v) is 3.97. The number of hydrogen-bond acceptors (Lipinski definition) is 7. The highest BCUT2D eigenvalue weighted by Crippen LogP contribution is 2.38. The Morgan fingerprint density at radius 3 is 2.77 bits per heavy atom. The summed E-state index contributed by atoms with van der Waals surface area (Å²) in [5, 5.41) is 4.02. The molecule has 1 aliphatic rings. The molecule has 0 radical (unpaired) electrons. The fraction of sp³-hybridized carbons (Fsp3) is 0.391. The number of amides is 1. The molecular weight excluding hydrogens is 394 g/mol. The Bertz CT molecular complexity index is 1080. The summed E-state index contributed by atoms with van der Waals surface area (Å²) in [7, 11) is 5.38. The molecule has 3 aromatic rings. The maximum Gasteiger partial charge on any atom is 0.258 e. The number of nitrogens with zero attached hydrogens (tertiary/aromatic N) is 5. The number of ether oxygens (including phenoxy) is 1. The Morgan fingerprint density at radius 2 is 2.06 bits per heavy atom. The summed E-state index contributed by atoms with van der Waals surface area (Å²) in [6.07, 6.45) is 4.53. The van der Waals surface area contributed by atoms with Crippen molar-refractivity contribution in [1.82, 2.24) is 20.0 Å². The fourth-order valence-electron chi connectivity index (χ4n) is 3.97. The molecule has 0 saturated carbocycles. The van der Waals surface area contributed by atoms with Gasteiger partial charge in [-0.15, -0.1) is 0 Å². The van der Waals surface area contributed by atoms with E-state index in [1.807, 2.05) is 55.1 Å². The lowest BCUT2D eigenvalue weighted by Gasteiger charge is -2.36. The zero-order chi connectivity index (χ0) is 22.0. The van der Waals surface area contributed by atoms with E-state index in [0.29, 0.717) is 29.6 Å². The maximum absolute atomic E-state index is 13.6. The molecule has 0 spiro atoms. The van der Waals surface area contributed by atoms with Gasteiger partial charge in [0.05, 0.1) is 35.7 Å². The first-order valence-corrected chi connectivity index (χ1v) is 10.4. The Kier molecular flexibility index (Phi) is 5.88. The van der Waals surface area contributed by atoms with Gasteiger partial charge in [-0.2, -0.15) is 0 Å². The van der Waals surface area contributed by atoms with Crippen molar-refractivity contribution in [3.8, 4) is 17.1 Å². The van der Waals surface area contributed by atoms with Crippen molar-refractivity contribution in [2.24, 2.45) is 0 Å². The van der Waals surface area contributed by atoms with E-state index in [1.54, 1.807) is 19.4 Å². The molecule has 4 rings (SSSR count). The first-order valence-electron chi connectivity index (χ1n) is 10.4. The molecule has 2 aromatic heterocycles. The zero-order valence-corrected chi connectivity index (χ0v) is 18.3. The Balaban J connectivity index is 1.80. The van der Waals surface area contributed by atoms with Gasteiger partial charge in [0, 0.05) is 32.9 Å². The third-order valence-corrected chi connectivity index (χ3v) is 5.52. The molecule has 0 N–H and O–H groups in total. The number of para-hydroxylation sites is 1. The van der Waals surface area contributed by atoms with Crippen LogP contribution in [0, 0.1) is 6.92 Å². The van der Waals surface area contributed by atoms with E-state index in [4.69, 9.17) is 14.2 Å². The van der Waals surface area contributed by atoms with E-state index >= 15 is 0 Å². The van der Waals surface area contributed by atoms with Crippen molar-refractivity contribution < 1.29 is 14.1 Å². The second-order valence-electron chi connectivity index (χ2n) is 7.91. The normalized spacial score (nSPS) is 16.3. The van der Waals surface area contributed by atoms with E-state index in [0.717, 1.165) is 36.2 Å². The number of carbonyl (C=O) groups excluding carboxylic acids is 1. The van der Waals surface area contributed by atoms with Crippen LogP contribution in [0.4, 0.5) is 5.95 Å². The molecule has 0 aliphatic carbocycles. The zero-order valence-electron chi connectivity index (χ0n) is 18.3. The molecule has 0 unspecified atom stereocenters. The summed E-state index contributed by atoms with van der Waals surface area (Å²) in [4.78, 5) is 26.7. The summed E-state index contributed by atoms with van der Waals surface area (Å²) >= 11 is 0. The van der Waals surface area contributed by atoms with Gasteiger partial charge >= 0.3 is 0 Å². The highest BCUT2D eigenvalue weighted by molar-refractivity contribution is 5.97. The smallest absolute Gasteiger partial charge is 0.258 e. The van der Waals surface area contributed by atoms with Crippen molar-refractivity contribution in [2.75, 3.05) is 32.6 Å². The SMILES string of the molecule is COc1ccccc1C(=O)N1CCCC[C@@H]1c1nc(N(C)C)ncc1-c1cc(C)no1. The molecule has 1 saturated heterocycles. The summed E-state index contributed by atoms with van der Waals surface area (Å²) in [6.45, 7) is 2.53. The van der Waals surface area contributed by atoms with Crippen LogP contribution in [0.1, 0.15) is 47.1 Å². The number of benzene rings is 1. The number of aromatic nitrogens is 3. The number of hydrogen-bond donors (Lipinski definition) is 0. The van der Waals surface area contributed by atoms with Crippen LogP contribution in [0.5, 0.6) is 5.75 Å². The summed E-state index contributed by atoms with van der Waals surface area (Å²) in [5.74, 6) is 1.70. The highest BCUT2D eigenvalue weighted by atomic mass is 16.5. The summed E-state index contributed by atoms with van der Waals surface area (Å²) in [5.41, 5.74) is 2.87. The molecular formula is C23H27N5O3. The van der Waals surface area contributed by atoms with Crippen LogP contribution in [-0.4, -0.2) is 53.7 Å². The van der Waals surface area contributed by atoms with Crippen LogP contribution >= 0.6 is 0 Å². The topological polar surface area (TPSA) is 84.6 Å². The highest BCUT2D eigenvalue weighted by Gasteiger charge is 2.33. The lowest BCUT2D eigenvalue weighted by atomic mass is 9.94. The monoisotopic (exact) mass is 421 g/mol. The van der Waals surface area contributed by atoms with Crippen molar-refractivity contribution in [1.29, 1.82) is 0 Å². The van der Waals surface area contributed by atoms with Crippen molar-refractivity contribution >= 4 is 11.9 Å². The molecule has 0 bridgehead atoms. The average molecular weight is 422 g/mol. The number of rotatable bonds is 5. The number of aryl methyl sites for hydroxylation is 1. The summed E-state index contributed by atoms with van der Waals surface area (Å²) in [6, 6.07) is 9.00. The molecule has 8 nitrogen and oxygen atoms in total. The van der Waals surface area contributed by atoms with Crippen molar-refractivity contribution in [2.45, 2.75) is 32.2 Å². The number of anilines is 1. The van der Waals surface area contributed by atoms with Gasteiger partial charge in [-0.3, -0.25) is 4.79 Å². The molecule has 1 amide bonds. The number of methoxy groups -OCH3 is 1. The maximum atomic E-state index is 13.6. The van der Waals surface area contributed by atoms with Crippen LogP contribution in [0.25, 0.3) is 11.3 Å². The predicted molar refractivity (Wildman–Crippen MR) is 117 cm³/mol. The average Bonchev–Trinajstić information content (AvgIpc) is 3.24. The number of likely N-dealkylation sites (tertiary alicyclic amines) is 1. The Morgan fingerprint density at radius 1 is 1.26 bits per heavy atom. The van der Waals surface area contributed by atoms with Gasteiger partial charge in [0.1, 0.15) is 5.75 Å². The number of piperidine rings is 1. The lowest BCUT2D eigenvalue weighted by Crippen LogP contribution is -2.39. The molecule has 3 heterocycles. The minimum absolute atomic E-state index is 0.0631. The first-order chi connectivity index (χ1) is 15.0. The van der Waals surface area contributed by atoms with Crippen LogP contribution in [0.3, 0.4) is 0 Å². The van der Waals surface area contributed by atoms with Gasteiger partial charge in [-0.25, -0.2) is 9.97 Å². The molecule has 1 fully saturated rings. The van der Waals surface area contributed by atoms with Crippen LogP contribution < -0.4 is 9.64 Å². The van der Waals surface area contributed by atoms with E-state index in [2.05, 4.69) is 10.1 Å². The molecule has 162 valence electrons. The van der Waals surface area contributed by atoms with E-state index in [9.17, 15) is 4.79 Å². The summed E-state index contributed by atoms with van der Waals surface area (Å²) < 4.78 is 11.0. The minimum atomic E-state index is -0.201. The van der Waals surface area contributed by atoms with Gasteiger partial charge in [0.15, 0.2) is 5.76 Å². The van der Waals surface area contributed by atoms with Crippen molar-refractivity contribution in [3.05, 3.63) is 53.5 Å². The van der Waals surface area contributed by atoms with Gasteiger partial charge in [-0.1, -0.05) is 17.3 Å². The second kappa shape index (κ2) is 8.75. The molecule has 1 aliphatic heterocycles. The first kappa shape index (κ1) is 20.8. The molecule has 1 aromatic carbocycles. The second-order valence-corrected chi connectivity index (χ2v) is 7.91. The minimum Gasteiger partial charge on any atom is -0.496 e. The third-order valence-electron chi connectivity index (χ3n) is 5.52. The van der Waals surface area contributed by atoms with Crippen LogP contribution in [0.2, 0.25) is 0 Å². The largest absolute Gasteiger partial charge is 0.496 e. The quantitative estimate of drug-likeness (QED) is 0.618.